The van der Waals surface area contributed by atoms with E-state index in [0.29, 0.717) is 18.6 Å². The summed E-state index contributed by atoms with van der Waals surface area (Å²) in [7, 11) is 0. The van der Waals surface area contributed by atoms with Crippen LogP contribution in [-0.2, 0) is 11.4 Å². The van der Waals surface area contributed by atoms with Crippen molar-refractivity contribution in [3.8, 4) is 0 Å². The Morgan fingerprint density at radius 1 is 1.26 bits per heavy atom. The third-order valence-electron chi connectivity index (χ3n) is 4.95. The number of hydrogen-bond donors (Lipinski definition) is 0. The Morgan fingerprint density at radius 3 is 2.74 bits per heavy atom. The van der Waals surface area contributed by atoms with Crippen molar-refractivity contribution in [2.24, 2.45) is 5.92 Å². The average Bonchev–Trinajstić information content (AvgIpc) is 3.29. The molecule has 1 aliphatic heterocycles. The van der Waals surface area contributed by atoms with Gasteiger partial charge in [0.05, 0.1) is 24.4 Å². The van der Waals surface area contributed by atoms with Gasteiger partial charge < -0.3 is 4.74 Å². The van der Waals surface area contributed by atoms with Gasteiger partial charge in [-0.05, 0) is 38.2 Å². The van der Waals surface area contributed by atoms with Crippen LogP contribution in [-0.4, -0.2) is 40.5 Å². The molecule has 1 saturated heterocycles. The summed E-state index contributed by atoms with van der Waals surface area (Å²) in [6.45, 7) is 5.29. The van der Waals surface area contributed by atoms with E-state index in [0.717, 1.165) is 42.6 Å². The number of nitrogens with zero attached hydrogens (tertiary/aromatic N) is 3. The lowest BCUT2D eigenvalue weighted by atomic mass is 10.1. The minimum Gasteiger partial charge on any atom is -0.381 e. The zero-order valence-corrected chi connectivity index (χ0v) is 13.6. The highest BCUT2D eigenvalue weighted by Gasteiger charge is 2.32. The predicted octanol–water partition coefficient (Wildman–Crippen LogP) is 2.16. The first kappa shape index (κ1) is 14.8. The highest BCUT2D eigenvalue weighted by Crippen LogP contribution is 2.29. The normalized spacial score (nSPS) is 21.4. The molecule has 2 aromatic rings. The second-order valence-electron chi connectivity index (χ2n) is 6.81. The molecule has 1 aromatic carbocycles. The lowest BCUT2D eigenvalue weighted by Gasteiger charge is -2.25. The maximum absolute atomic E-state index is 12.7. The van der Waals surface area contributed by atoms with Gasteiger partial charge in [0.2, 0.25) is 0 Å². The second kappa shape index (κ2) is 6.06. The number of rotatable bonds is 5. The quantitative estimate of drug-likeness (QED) is 0.849. The number of fused-ring (bicyclic) bond motifs is 1. The maximum Gasteiger partial charge on any atom is 0.275 e. The minimum absolute atomic E-state index is 0.0134. The van der Waals surface area contributed by atoms with Crippen LogP contribution in [0.3, 0.4) is 0 Å². The molecule has 1 atom stereocenters. The molecular formula is C18H23N3O2. The van der Waals surface area contributed by atoms with E-state index in [2.05, 4.69) is 10.00 Å². The first-order valence-corrected chi connectivity index (χ1v) is 8.50. The van der Waals surface area contributed by atoms with Crippen LogP contribution in [0.5, 0.6) is 0 Å². The third-order valence-corrected chi connectivity index (χ3v) is 4.95. The fraction of sp³-hybridized carbons (Fsp3) is 0.556. The Kier molecular flexibility index (Phi) is 3.91. The highest BCUT2D eigenvalue weighted by molar-refractivity contribution is 5.83. The SMILES string of the molecule is Cc1nn(CN(C[C@H]2CCOC2)C2CC2)c(=O)c2ccccc12. The van der Waals surface area contributed by atoms with E-state index in [1.54, 1.807) is 4.68 Å². The molecule has 0 radical (unpaired) electrons. The van der Waals surface area contributed by atoms with Gasteiger partial charge in [0, 0.05) is 24.6 Å². The first-order chi connectivity index (χ1) is 11.2. The molecule has 2 aliphatic rings. The minimum atomic E-state index is 0.0134. The Balaban J connectivity index is 1.62. The fourth-order valence-corrected chi connectivity index (χ4v) is 3.49. The molecule has 4 rings (SSSR count). The molecule has 1 aromatic heterocycles. The van der Waals surface area contributed by atoms with Crippen molar-refractivity contribution < 1.29 is 4.74 Å². The molecule has 5 heteroatoms. The van der Waals surface area contributed by atoms with Gasteiger partial charge in [0.1, 0.15) is 0 Å². The summed E-state index contributed by atoms with van der Waals surface area (Å²) < 4.78 is 7.14. The van der Waals surface area contributed by atoms with E-state index in [1.807, 2.05) is 31.2 Å². The molecule has 0 N–H and O–H groups in total. The van der Waals surface area contributed by atoms with Crippen molar-refractivity contribution in [3.05, 3.63) is 40.3 Å². The van der Waals surface area contributed by atoms with E-state index in [9.17, 15) is 4.79 Å². The van der Waals surface area contributed by atoms with E-state index in [-0.39, 0.29) is 5.56 Å². The van der Waals surface area contributed by atoms with Crippen molar-refractivity contribution in [3.63, 3.8) is 0 Å². The summed E-state index contributed by atoms with van der Waals surface area (Å²) in [5.74, 6) is 0.591. The van der Waals surface area contributed by atoms with E-state index in [4.69, 9.17) is 4.74 Å². The van der Waals surface area contributed by atoms with Crippen LogP contribution >= 0.6 is 0 Å². The summed E-state index contributed by atoms with van der Waals surface area (Å²) >= 11 is 0. The number of hydrogen-bond acceptors (Lipinski definition) is 4. The summed E-state index contributed by atoms with van der Waals surface area (Å²) in [5, 5.41) is 6.28. The zero-order chi connectivity index (χ0) is 15.8. The van der Waals surface area contributed by atoms with Gasteiger partial charge in [-0.15, -0.1) is 0 Å². The molecule has 2 fully saturated rings. The van der Waals surface area contributed by atoms with E-state index >= 15 is 0 Å². The number of aromatic nitrogens is 2. The Labute approximate surface area is 135 Å². The molecule has 122 valence electrons. The molecule has 0 unspecified atom stereocenters. The summed E-state index contributed by atoms with van der Waals surface area (Å²) in [6.07, 6.45) is 3.59. The van der Waals surface area contributed by atoms with Crippen LogP contribution < -0.4 is 5.56 Å². The van der Waals surface area contributed by atoms with Gasteiger partial charge in [-0.3, -0.25) is 9.69 Å². The third kappa shape index (κ3) is 3.03. The first-order valence-electron chi connectivity index (χ1n) is 8.50. The fourth-order valence-electron chi connectivity index (χ4n) is 3.49. The Morgan fingerprint density at radius 2 is 2.04 bits per heavy atom. The lowest BCUT2D eigenvalue weighted by Crippen LogP contribution is -2.38. The molecule has 0 bridgehead atoms. The van der Waals surface area contributed by atoms with E-state index < -0.39 is 0 Å². The van der Waals surface area contributed by atoms with Crippen molar-refractivity contribution in [1.82, 2.24) is 14.7 Å². The largest absolute Gasteiger partial charge is 0.381 e. The lowest BCUT2D eigenvalue weighted by molar-refractivity contribution is 0.140. The molecule has 2 heterocycles. The van der Waals surface area contributed by atoms with Gasteiger partial charge in [-0.25, -0.2) is 4.68 Å². The average molecular weight is 313 g/mol. The summed E-state index contributed by atoms with van der Waals surface area (Å²) in [5.41, 5.74) is 0.930. The van der Waals surface area contributed by atoms with Crippen LogP contribution in [0.15, 0.2) is 29.1 Å². The molecule has 1 saturated carbocycles. The van der Waals surface area contributed by atoms with E-state index in [1.165, 1.54) is 12.8 Å². The van der Waals surface area contributed by atoms with Gasteiger partial charge in [0.25, 0.3) is 5.56 Å². The Bertz CT molecular complexity index is 760. The molecule has 5 nitrogen and oxygen atoms in total. The van der Waals surface area contributed by atoms with Gasteiger partial charge in [-0.2, -0.15) is 5.10 Å². The number of ether oxygens (including phenoxy) is 1. The Hall–Kier alpha value is -1.72. The topological polar surface area (TPSA) is 47.4 Å². The van der Waals surface area contributed by atoms with Crippen molar-refractivity contribution in [2.45, 2.75) is 38.9 Å². The standard InChI is InChI=1S/C18H23N3O2/c1-13-16-4-2-3-5-17(16)18(22)21(19-13)12-20(15-6-7-15)10-14-8-9-23-11-14/h2-5,14-15H,6-12H2,1H3/t14-/m1/s1. The number of benzene rings is 1. The van der Waals surface area contributed by atoms with Crippen LogP contribution in [0.25, 0.3) is 10.8 Å². The monoisotopic (exact) mass is 313 g/mol. The predicted molar refractivity (Wildman–Crippen MR) is 89.4 cm³/mol. The van der Waals surface area contributed by atoms with Crippen LogP contribution in [0, 0.1) is 12.8 Å². The van der Waals surface area contributed by atoms with Crippen molar-refractivity contribution in [2.75, 3.05) is 19.8 Å². The van der Waals surface area contributed by atoms with Crippen LogP contribution in [0.4, 0.5) is 0 Å². The van der Waals surface area contributed by atoms with Crippen LogP contribution in [0.2, 0.25) is 0 Å². The molecule has 1 aliphatic carbocycles. The van der Waals surface area contributed by atoms with Gasteiger partial charge in [0.15, 0.2) is 0 Å². The van der Waals surface area contributed by atoms with Crippen LogP contribution in [0.1, 0.15) is 25.0 Å². The second-order valence-corrected chi connectivity index (χ2v) is 6.81. The smallest absolute Gasteiger partial charge is 0.275 e. The zero-order valence-electron chi connectivity index (χ0n) is 13.6. The molecule has 0 amide bonds. The van der Waals surface area contributed by atoms with Crippen molar-refractivity contribution in [1.29, 1.82) is 0 Å². The van der Waals surface area contributed by atoms with Gasteiger partial charge >= 0.3 is 0 Å². The highest BCUT2D eigenvalue weighted by atomic mass is 16.5. The van der Waals surface area contributed by atoms with Gasteiger partial charge in [-0.1, -0.05) is 18.2 Å². The summed E-state index contributed by atoms with van der Waals surface area (Å²) in [4.78, 5) is 15.2. The summed E-state index contributed by atoms with van der Waals surface area (Å²) in [6, 6.07) is 8.35. The number of aryl methyl sites for hydroxylation is 1. The maximum atomic E-state index is 12.7. The molecule has 23 heavy (non-hydrogen) atoms. The molecular weight excluding hydrogens is 290 g/mol. The molecule has 0 spiro atoms. The van der Waals surface area contributed by atoms with Crippen molar-refractivity contribution >= 4 is 10.8 Å².